The predicted octanol–water partition coefficient (Wildman–Crippen LogP) is 3.70. The maximum atomic E-state index is 9.02. The Labute approximate surface area is 134 Å². The molecular formula is C15H30N2O2SSi. The molecule has 2 atom stereocenters. The number of aliphatic hydroxyl groups excluding tert-OH is 1. The van der Waals surface area contributed by atoms with E-state index in [1.165, 1.54) is 4.88 Å². The lowest BCUT2D eigenvalue weighted by atomic mass is 10.2. The average molecular weight is 331 g/mol. The highest BCUT2D eigenvalue weighted by atomic mass is 32.1. The monoisotopic (exact) mass is 330 g/mol. The Morgan fingerprint density at radius 1 is 1.38 bits per heavy atom. The van der Waals surface area contributed by atoms with Gasteiger partial charge in [0.1, 0.15) is 5.01 Å². The van der Waals surface area contributed by atoms with E-state index in [0.717, 1.165) is 11.6 Å². The summed E-state index contributed by atoms with van der Waals surface area (Å²) in [5.41, 5.74) is 0. The SMILES string of the molecule is CC(CO)NCc1cnc(C(C)O[Si](C)(C)C(C)(C)C)s1. The van der Waals surface area contributed by atoms with E-state index in [4.69, 9.17) is 9.53 Å². The van der Waals surface area contributed by atoms with Crippen LogP contribution < -0.4 is 5.32 Å². The van der Waals surface area contributed by atoms with Gasteiger partial charge in [0.2, 0.25) is 0 Å². The number of aliphatic hydroxyl groups is 1. The molecule has 1 heterocycles. The fourth-order valence-corrected chi connectivity index (χ4v) is 3.88. The van der Waals surface area contributed by atoms with Gasteiger partial charge < -0.3 is 14.8 Å². The van der Waals surface area contributed by atoms with Gasteiger partial charge in [0, 0.05) is 23.7 Å². The van der Waals surface area contributed by atoms with Crippen LogP contribution in [0.15, 0.2) is 6.20 Å². The number of nitrogens with one attached hydrogen (secondary N) is 1. The van der Waals surface area contributed by atoms with Gasteiger partial charge in [-0.1, -0.05) is 20.8 Å². The van der Waals surface area contributed by atoms with Crippen LogP contribution in [0.1, 0.15) is 50.6 Å². The summed E-state index contributed by atoms with van der Waals surface area (Å²) >= 11 is 1.69. The molecule has 2 N–H and O–H groups in total. The van der Waals surface area contributed by atoms with Crippen molar-refractivity contribution in [2.75, 3.05) is 6.61 Å². The Morgan fingerprint density at radius 2 is 2.00 bits per heavy atom. The Morgan fingerprint density at radius 3 is 2.52 bits per heavy atom. The minimum Gasteiger partial charge on any atom is -0.408 e. The van der Waals surface area contributed by atoms with Crippen molar-refractivity contribution in [3.63, 3.8) is 0 Å². The first-order valence-corrected chi connectivity index (χ1v) is 11.3. The molecule has 0 amide bonds. The third-order valence-electron chi connectivity index (χ3n) is 4.10. The van der Waals surface area contributed by atoms with Crippen LogP contribution in [-0.4, -0.2) is 31.1 Å². The van der Waals surface area contributed by atoms with Gasteiger partial charge >= 0.3 is 0 Å². The Balaban J connectivity index is 2.64. The van der Waals surface area contributed by atoms with E-state index in [1.54, 1.807) is 11.3 Å². The molecule has 0 saturated heterocycles. The maximum Gasteiger partial charge on any atom is 0.193 e. The standard InChI is InChI=1S/C15H30N2O2SSi/c1-11(10-18)16-8-13-9-17-14(20-13)12(2)19-21(6,7)15(3,4)5/h9,11-12,16,18H,8,10H2,1-7H3. The van der Waals surface area contributed by atoms with E-state index >= 15 is 0 Å². The Bertz CT molecular complexity index is 443. The van der Waals surface area contributed by atoms with Crippen LogP contribution in [0.3, 0.4) is 0 Å². The zero-order valence-electron chi connectivity index (χ0n) is 14.4. The molecule has 0 aliphatic rings. The lowest BCUT2D eigenvalue weighted by molar-refractivity contribution is 0.202. The third-order valence-corrected chi connectivity index (χ3v) is 9.81. The summed E-state index contributed by atoms with van der Waals surface area (Å²) in [4.78, 5) is 5.68. The van der Waals surface area contributed by atoms with Crippen molar-refractivity contribution in [2.24, 2.45) is 0 Å². The van der Waals surface area contributed by atoms with E-state index < -0.39 is 8.32 Å². The van der Waals surface area contributed by atoms with E-state index in [1.807, 2.05) is 13.1 Å². The van der Waals surface area contributed by atoms with Crippen LogP contribution in [0.25, 0.3) is 0 Å². The molecule has 0 saturated carbocycles. The second-order valence-corrected chi connectivity index (χ2v) is 13.1. The van der Waals surface area contributed by atoms with Crippen molar-refractivity contribution < 1.29 is 9.53 Å². The number of thiazole rings is 1. The number of rotatable bonds is 7. The second-order valence-electron chi connectivity index (χ2n) is 7.15. The van der Waals surface area contributed by atoms with Crippen molar-refractivity contribution in [2.45, 2.75) is 71.4 Å². The number of hydrogen-bond donors (Lipinski definition) is 2. The average Bonchev–Trinajstić information content (AvgIpc) is 2.82. The summed E-state index contributed by atoms with van der Waals surface area (Å²) in [5, 5.41) is 13.5. The first-order chi connectivity index (χ1) is 9.56. The summed E-state index contributed by atoms with van der Waals surface area (Å²) < 4.78 is 6.37. The molecule has 0 spiro atoms. The van der Waals surface area contributed by atoms with Gasteiger partial charge in [-0.2, -0.15) is 0 Å². The fourth-order valence-electron chi connectivity index (χ4n) is 1.60. The van der Waals surface area contributed by atoms with Crippen molar-refractivity contribution in [1.82, 2.24) is 10.3 Å². The van der Waals surface area contributed by atoms with Crippen LogP contribution >= 0.6 is 11.3 Å². The van der Waals surface area contributed by atoms with Gasteiger partial charge in [-0.25, -0.2) is 4.98 Å². The molecule has 1 rings (SSSR count). The quantitative estimate of drug-likeness (QED) is 0.749. The van der Waals surface area contributed by atoms with Gasteiger partial charge in [-0.05, 0) is 32.0 Å². The van der Waals surface area contributed by atoms with Crippen molar-refractivity contribution in [3.05, 3.63) is 16.1 Å². The lowest BCUT2D eigenvalue weighted by Gasteiger charge is -2.38. The summed E-state index contributed by atoms with van der Waals surface area (Å²) in [6, 6.07) is 0.108. The molecule has 1 aromatic rings. The van der Waals surface area contributed by atoms with Gasteiger partial charge in [0.25, 0.3) is 0 Å². The molecule has 0 fully saturated rings. The van der Waals surface area contributed by atoms with Crippen LogP contribution in [0.5, 0.6) is 0 Å². The molecule has 6 heteroatoms. The highest BCUT2D eigenvalue weighted by Gasteiger charge is 2.39. The number of hydrogen-bond acceptors (Lipinski definition) is 5. The minimum atomic E-state index is -1.77. The molecule has 0 aliphatic heterocycles. The lowest BCUT2D eigenvalue weighted by Crippen LogP contribution is -2.41. The first-order valence-electron chi connectivity index (χ1n) is 7.53. The molecular weight excluding hydrogens is 300 g/mol. The van der Waals surface area contributed by atoms with Crippen molar-refractivity contribution in [3.8, 4) is 0 Å². The third kappa shape index (κ3) is 5.45. The fraction of sp³-hybridized carbons (Fsp3) is 0.800. The highest BCUT2D eigenvalue weighted by molar-refractivity contribution is 7.11. The Kier molecular flexibility index (Phi) is 6.55. The molecule has 1 aromatic heterocycles. The molecule has 0 bridgehead atoms. The minimum absolute atomic E-state index is 0.0416. The van der Waals surface area contributed by atoms with Gasteiger partial charge in [0.05, 0.1) is 12.7 Å². The van der Waals surface area contributed by atoms with Crippen molar-refractivity contribution >= 4 is 19.7 Å². The topological polar surface area (TPSA) is 54.4 Å². The summed E-state index contributed by atoms with van der Waals surface area (Å²) in [6.45, 7) is 16.2. The zero-order valence-corrected chi connectivity index (χ0v) is 16.2. The van der Waals surface area contributed by atoms with Gasteiger partial charge in [-0.3, -0.25) is 0 Å². The number of aromatic nitrogens is 1. The van der Waals surface area contributed by atoms with E-state index in [-0.39, 0.29) is 23.8 Å². The summed E-state index contributed by atoms with van der Waals surface area (Å²) in [7, 11) is -1.77. The predicted molar refractivity (Wildman–Crippen MR) is 92.2 cm³/mol. The van der Waals surface area contributed by atoms with Crippen LogP contribution in [-0.2, 0) is 11.0 Å². The molecule has 122 valence electrons. The first kappa shape index (κ1) is 18.8. The molecule has 21 heavy (non-hydrogen) atoms. The number of nitrogens with zero attached hydrogens (tertiary/aromatic N) is 1. The van der Waals surface area contributed by atoms with E-state index in [0.29, 0.717) is 0 Å². The van der Waals surface area contributed by atoms with Crippen LogP contribution in [0.2, 0.25) is 18.1 Å². The van der Waals surface area contributed by atoms with Crippen molar-refractivity contribution in [1.29, 1.82) is 0 Å². The smallest absolute Gasteiger partial charge is 0.193 e. The largest absolute Gasteiger partial charge is 0.408 e. The molecule has 0 aromatic carbocycles. The highest BCUT2D eigenvalue weighted by Crippen LogP contribution is 2.40. The molecule has 4 nitrogen and oxygen atoms in total. The molecule has 0 aliphatic carbocycles. The van der Waals surface area contributed by atoms with Crippen LogP contribution in [0, 0.1) is 0 Å². The van der Waals surface area contributed by atoms with Crippen LogP contribution in [0.4, 0.5) is 0 Å². The maximum absolute atomic E-state index is 9.02. The Hall–Kier alpha value is -0.273. The van der Waals surface area contributed by atoms with E-state index in [9.17, 15) is 0 Å². The molecule has 0 radical (unpaired) electrons. The second kappa shape index (κ2) is 7.33. The normalized spacial score (nSPS) is 16.0. The van der Waals surface area contributed by atoms with Gasteiger partial charge in [-0.15, -0.1) is 11.3 Å². The summed E-state index contributed by atoms with van der Waals surface area (Å²) in [6.07, 6.45) is 1.95. The van der Waals surface area contributed by atoms with E-state index in [2.05, 4.69) is 51.1 Å². The summed E-state index contributed by atoms with van der Waals surface area (Å²) in [5.74, 6) is 0. The molecule has 2 unspecified atom stereocenters. The van der Waals surface area contributed by atoms with Gasteiger partial charge in [0.15, 0.2) is 8.32 Å². The zero-order chi connectivity index (χ0) is 16.3.